The van der Waals surface area contributed by atoms with E-state index in [-0.39, 0.29) is 12.4 Å². The molecule has 0 heterocycles. The van der Waals surface area contributed by atoms with E-state index in [9.17, 15) is 13.2 Å². The Morgan fingerprint density at radius 3 is 2.40 bits per heavy atom. The van der Waals surface area contributed by atoms with E-state index in [0.717, 1.165) is 25.0 Å². The Hall–Kier alpha value is -0.900. The lowest BCUT2D eigenvalue weighted by Crippen LogP contribution is -2.07. The van der Waals surface area contributed by atoms with Crippen molar-refractivity contribution in [3.8, 4) is 0 Å². The molecule has 1 saturated carbocycles. The van der Waals surface area contributed by atoms with Gasteiger partial charge in [0.2, 0.25) is 0 Å². The van der Waals surface area contributed by atoms with E-state index in [1.807, 2.05) is 0 Å². The van der Waals surface area contributed by atoms with Gasteiger partial charge in [-0.2, -0.15) is 13.2 Å². The molecule has 1 aromatic carbocycles. The quantitative estimate of drug-likeness (QED) is 0.827. The molecule has 0 amide bonds. The predicted octanol–water partition coefficient (Wildman–Crippen LogP) is 3.70. The van der Waals surface area contributed by atoms with Gasteiger partial charge in [-0.3, -0.25) is 0 Å². The summed E-state index contributed by atoms with van der Waals surface area (Å²) in [5.41, 5.74) is -0.0366. The first-order valence-electron chi connectivity index (χ1n) is 4.49. The van der Waals surface area contributed by atoms with Gasteiger partial charge < -0.3 is 5.32 Å². The zero-order valence-corrected chi connectivity index (χ0v) is 8.66. The van der Waals surface area contributed by atoms with Crippen molar-refractivity contribution in [2.75, 3.05) is 5.32 Å². The molecule has 0 radical (unpaired) electrons. The Morgan fingerprint density at radius 2 is 1.87 bits per heavy atom. The van der Waals surface area contributed by atoms with Crippen molar-refractivity contribution in [2.45, 2.75) is 25.1 Å². The Balaban J connectivity index is 0.00000112. The molecule has 15 heavy (non-hydrogen) atoms. The molecule has 0 spiro atoms. The van der Waals surface area contributed by atoms with Gasteiger partial charge in [-0.05, 0) is 31.0 Å². The second-order valence-corrected chi connectivity index (χ2v) is 3.50. The number of hydrogen-bond acceptors (Lipinski definition) is 1. The number of nitrogens with one attached hydrogen (secondary N) is 1. The van der Waals surface area contributed by atoms with Crippen LogP contribution in [0.15, 0.2) is 24.3 Å². The molecule has 0 atom stereocenters. The number of hydrogen-bond donors (Lipinski definition) is 1. The van der Waals surface area contributed by atoms with Crippen molar-refractivity contribution in [2.24, 2.45) is 0 Å². The summed E-state index contributed by atoms with van der Waals surface area (Å²) in [6.07, 6.45) is -2.15. The van der Waals surface area contributed by atoms with Crippen LogP contribution in [0.3, 0.4) is 0 Å². The lowest BCUT2D eigenvalue weighted by molar-refractivity contribution is -0.137. The molecule has 0 unspecified atom stereocenters. The third-order valence-corrected chi connectivity index (χ3v) is 2.14. The first-order valence-corrected chi connectivity index (χ1v) is 4.49. The fraction of sp³-hybridized carbons (Fsp3) is 0.400. The lowest BCUT2D eigenvalue weighted by atomic mass is 10.2. The minimum Gasteiger partial charge on any atom is -0.382 e. The van der Waals surface area contributed by atoms with Gasteiger partial charge in [0.1, 0.15) is 0 Å². The summed E-state index contributed by atoms with van der Waals surface area (Å²) in [5.74, 6) is 0. The van der Waals surface area contributed by atoms with E-state index in [0.29, 0.717) is 11.7 Å². The van der Waals surface area contributed by atoms with E-state index in [1.54, 1.807) is 6.07 Å². The van der Waals surface area contributed by atoms with E-state index in [1.165, 1.54) is 6.07 Å². The highest BCUT2D eigenvalue weighted by atomic mass is 35.5. The first kappa shape index (κ1) is 12.2. The largest absolute Gasteiger partial charge is 0.416 e. The maximum absolute atomic E-state index is 12.3. The summed E-state index contributed by atoms with van der Waals surface area (Å²) in [6, 6.07) is 5.69. The highest BCUT2D eigenvalue weighted by molar-refractivity contribution is 5.85. The zero-order chi connectivity index (χ0) is 10.2. The summed E-state index contributed by atoms with van der Waals surface area (Å²) >= 11 is 0. The van der Waals surface area contributed by atoms with Crippen LogP contribution in [0.25, 0.3) is 0 Å². The second-order valence-electron chi connectivity index (χ2n) is 3.50. The third kappa shape index (κ3) is 3.30. The summed E-state index contributed by atoms with van der Waals surface area (Å²) in [4.78, 5) is 0. The van der Waals surface area contributed by atoms with Gasteiger partial charge >= 0.3 is 6.18 Å². The van der Waals surface area contributed by atoms with Crippen LogP contribution in [0.4, 0.5) is 18.9 Å². The van der Waals surface area contributed by atoms with Crippen LogP contribution in [-0.4, -0.2) is 6.04 Å². The van der Waals surface area contributed by atoms with Crippen LogP contribution in [0.1, 0.15) is 18.4 Å². The highest BCUT2D eigenvalue weighted by Crippen LogP contribution is 2.32. The Bertz CT molecular complexity index is 334. The lowest BCUT2D eigenvalue weighted by Gasteiger charge is -2.09. The molecule has 0 bridgehead atoms. The van der Waals surface area contributed by atoms with Crippen molar-refractivity contribution in [1.82, 2.24) is 0 Å². The molecule has 84 valence electrons. The van der Waals surface area contributed by atoms with Crippen molar-refractivity contribution < 1.29 is 13.2 Å². The van der Waals surface area contributed by atoms with Crippen LogP contribution in [0.2, 0.25) is 0 Å². The number of benzene rings is 1. The first-order chi connectivity index (χ1) is 6.55. The van der Waals surface area contributed by atoms with Crippen LogP contribution in [-0.2, 0) is 6.18 Å². The molecular weight excluding hydrogens is 227 g/mol. The molecular formula is C10H11ClF3N. The summed E-state index contributed by atoms with van der Waals surface area (Å²) in [7, 11) is 0. The van der Waals surface area contributed by atoms with Crippen molar-refractivity contribution in [3.05, 3.63) is 29.8 Å². The normalized spacial score (nSPS) is 15.7. The van der Waals surface area contributed by atoms with E-state index >= 15 is 0 Å². The van der Waals surface area contributed by atoms with Gasteiger partial charge in [0.15, 0.2) is 0 Å². The molecule has 0 aromatic heterocycles. The maximum Gasteiger partial charge on any atom is 0.416 e. The molecule has 1 aliphatic rings. The van der Waals surface area contributed by atoms with Gasteiger partial charge in [0, 0.05) is 11.7 Å². The SMILES string of the molecule is Cl.FC(F)(F)c1cccc(NC2CC2)c1. The smallest absolute Gasteiger partial charge is 0.382 e. The van der Waals surface area contributed by atoms with Gasteiger partial charge in [-0.1, -0.05) is 6.07 Å². The summed E-state index contributed by atoms with van der Waals surface area (Å²) in [6.45, 7) is 0. The average molecular weight is 238 g/mol. The van der Waals surface area contributed by atoms with E-state index < -0.39 is 11.7 Å². The van der Waals surface area contributed by atoms with E-state index in [4.69, 9.17) is 0 Å². The molecule has 1 aliphatic carbocycles. The van der Waals surface area contributed by atoms with Crippen LogP contribution in [0, 0.1) is 0 Å². The number of anilines is 1. The second kappa shape index (κ2) is 4.31. The third-order valence-electron chi connectivity index (χ3n) is 2.14. The summed E-state index contributed by atoms with van der Waals surface area (Å²) in [5, 5.41) is 3.03. The molecule has 2 rings (SSSR count). The number of rotatable bonds is 2. The molecule has 1 fully saturated rings. The molecule has 5 heteroatoms. The van der Waals surface area contributed by atoms with Crippen molar-refractivity contribution in [3.63, 3.8) is 0 Å². The molecule has 0 saturated heterocycles. The topological polar surface area (TPSA) is 12.0 Å². The minimum absolute atomic E-state index is 0. The van der Waals surface area contributed by atoms with E-state index in [2.05, 4.69) is 5.32 Å². The van der Waals surface area contributed by atoms with Crippen LogP contribution >= 0.6 is 12.4 Å². The van der Waals surface area contributed by atoms with Gasteiger partial charge in [0.05, 0.1) is 5.56 Å². The Morgan fingerprint density at radius 1 is 1.20 bits per heavy atom. The standard InChI is InChI=1S/C10H10F3N.ClH/c11-10(12,13)7-2-1-3-9(6-7)14-8-4-5-8;/h1-3,6,8,14H,4-5H2;1H. The fourth-order valence-corrected chi connectivity index (χ4v) is 1.25. The highest BCUT2D eigenvalue weighted by Gasteiger charge is 2.30. The zero-order valence-electron chi connectivity index (χ0n) is 7.84. The molecule has 0 aliphatic heterocycles. The molecule has 1 nitrogen and oxygen atoms in total. The van der Waals surface area contributed by atoms with Gasteiger partial charge in [0.25, 0.3) is 0 Å². The Kier molecular flexibility index (Phi) is 3.50. The van der Waals surface area contributed by atoms with Crippen molar-refractivity contribution >= 4 is 18.1 Å². The minimum atomic E-state index is -4.25. The van der Waals surface area contributed by atoms with Gasteiger partial charge in [-0.25, -0.2) is 0 Å². The fourth-order valence-electron chi connectivity index (χ4n) is 1.25. The Labute approximate surface area is 92.1 Å². The van der Waals surface area contributed by atoms with Crippen LogP contribution in [0.5, 0.6) is 0 Å². The number of halogens is 4. The molecule has 1 aromatic rings. The summed E-state index contributed by atoms with van der Waals surface area (Å²) < 4.78 is 36.9. The predicted molar refractivity (Wildman–Crippen MR) is 55.3 cm³/mol. The monoisotopic (exact) mass is 237 g/mol. The van der Waals surface area contributed by atoms with Crippen molar-refractivity contribution in [1.29, 1.82) is 0 Å². The van der Waals surface area contributed by atoms with Gasteiger partial charge in [-0.15, -0.1) is 12.4 Å². The molecule has 1 N–H and O–H groups in total. The number of alkyl halides is 3. The maximum atomic E-state index is 12.3. The van der Waals surface area contributed by atoms with Crippen LogP contribution < -0.4 is 5.32 Å². The average Bonchev–Trinajstić information content (AvgIpc) is 2.87.